The van der Waals surface area contributed by atoms with Crippen LogP contribution >= 0.6 is 0 Å². The van der Waals surface area contributed by atoms with Crippen LogP contribution < -0.4 is 16.0 Å². The van der Waals surface area contributed by atoms with Crippen LogP contribution in [0.3, 0.4) is 0 Å². The summed E-state index contributed by atoms with van der Waals surface area (Å²) < 4.78 is 41.3. The minimum absolute atomic E-state index is 0.0685. The van der Waals surface area contributed by atoms with Gasteiger partial charge in [-0.15, -0.1) is 0 Å². The van der Waals surface area contributed by atoms with E-state index < -0.39 is 29.5 Å². The molecular weight excluding hydrogens is 525 g/mol. The number of aromatic nitrogens is 3. The standard InChI is InChI=1S/C27H37F3N8O2/c1-16(2)33-24(39)19-6-5-7-21(19)35-23-20(27(28,29)30)15-32-26(36-23)34-17-8-9-22(31-14-17)25(40)38(4)18-10-12-37(3)13-11-18/h8-9,14-16,18-19,21H,5-7,10-13H2,1-4H3,(H,33,39)(H2,32,34,35,36)/t19-,21-/m0/s1. The number of carbonyl (C=O) groups is 2. The zero-order valence-corrected chi connectivity index (χ0v) is 23.3. The highest BCUT2D eigenvalue weighted by Crippen LogP contribution is 2.36. The van der Waals surface area contributed by atoms with E-state index in [-0.39, 0.29) is 35.5 Å². The predicted molar refractivity (Wildman–Crippen MR) is 145 cm³/mol. The lowest BCUT2D eigenvalue weighted by atomic mass is 10.0. The summed E-state index contributed by atoms with van der Waals surface area (Å²) in [5, 5.41) is 8.59. The van der Waals surface area contributed by atoms with E-state index in [4.69, 9.17) is 0 Å². The number of nitrogens with one attached hydrogen (secondary N) is 3. The molecule has 13 heteroatoms. The third-order valence-electron chi connectivity index (χ3n) is 7.49. The van der Waals surface area contributed by atoms with Gasteiger partial charge < -0.3 is 25.8 Å². The lowest BCUT2D eigenvalue weighted by molar-refractivity contribution is -0.137. The number of piperidine rings is 1. The molecule has 1 aliphatic carbocycles. The quantitative estimate of drug-likeness (QED) is 0.444. The predicted octanol–water partition coefficient (Wildman–Crippen LogP) is 3.91. The number of likely N-dealkylation sites (tertiary alicyclic amines) is 1. The topological polar surface area (TPSA) is 115 Å². The Hall–Kier alpha value is -3.48. The van der Waals surface area contributed by atoms with Gasteiger partial charge in [0.25, 0.3) is 5.91 Å². The van der Waals surface area contributed by atoms with Gasteiger partial charge in [-0.2, -0.15) is 18.2 Å². The fraction of sp³-hybridized carbons (Fsp3) is 0.593. The summed E-state index contributed by atoms with van der Waals surface area (Å²) in [4.78, 5) is 41.7. The molecule has 2 aromatic heterocycles. The van der Waals surface area contributed by atoms with E-state index >= 15 is 0 Å². The Balaban J connectivity index is 1.47. The maximum atomic E-state index is 13.8. The first-order chi connectivity index (χ1) is 18.9. The van der Waals surface area contributed by atoms with Crippen molar-refractivity contribution >= 4 is 29.3 Å². The van der Waals surface area contributed by atoms with Gasteiger partial charge in [0.2, 0.25) is 11.9 Å². The summed E-state index contributed by atoms with van der Waals surface area (Å²) in [5.74, 6) is -1.30. The fourth-order valence-electron chi connectivity index (χ4n) is 5.23. The highest BCUT2D eigenvalue weighted by Gasteiger charge is 2.39. The fourth-order valence-corrected chi connectivity index (χ4v) is 5.23. The Kier molecular flexibility index (Phi) is 9.12. The van der Waals surface area contributed by atoms with Crippen molar-refractivity contribution in [2.45, 2.75) is 70.3 Å². The first kappa shape index (κ1) is 29.5. The number of hydrogen-bond acceptors (Lipinski definition) is 8. The van der Waals surface area contributed by atoms with Gasteiger partial charge in [-0.1, -0.05) is 6.42 Å². The van der Waals surface area contributed by atoms with E-state index in [2.05, 4.69) is 42.8 Å². The molecule has 218 valence electrons. The smallest absolute Gasteiger partial charge is 0.366 e. The van der Waals surface area contributed by atoms with Gasteiger partial charge in [-0.25, -0.2) is 9.97 Å². The molecule has 2 atom stereocenters. The normalized spacial score (nSPS) is 20.4. The molecule has 1 saturated heterocycles. The SMILES string of the molecule is CC(C)NC(=O)[C@H]1CCC[C@@H]1Nc1nc(Nc2ccc(C(=O)N(C)C3CCN(C)CC3)nc2)ncc1C(F)(F)F. The van der Waals surface area contributed by atoms with Gasteiger partial charge in [0.15, 0.2) is 0 Å². The number of alkyl halides is 3. The van der Waals surface area contributed by atoms with Crippen molar-refractivity contribution in [3.63, 3.8) is 0 Å². The van der Waals surface area contributed by atoms with Crippen LogP contribution in [0.5, 0.6) is 0 Å². The number of carbonyl (C=O) groups excluding carboxylic acids is 2. The molecule has 2 amide bonds. The van der Waals surface area contributed by atoms with Gasteiger partial charge in [-0.3, -0.25) is 9.59 Å². The van der Waals surface area contributed by atoms with Crippen LogP contribution in [0.4, 0.5) is 30.6 Å². The molecule has 10 nitrogen and oxygen atoms in total. The second-order valence-electron chi connectivity index (χ2n) is 10.9. The molecule has 4 rings (SSSR count). The molecule has 2 fully saturated rings. The molecule has 40 heavy (non-hydrogen) atoms. The van der Waals surface area contributed by atoms with Gasteiger partial charge >= 0.3 is 6.18 Å². The molecule has 1 aliphatic heterocycles. The van der Waals surface area contributed by atoms with Gasteiger partial charge in [0.05, 0.1) is 17.8 Å². The highest BCUT2D eigenvalue weighted by atomic mass is 19.4. The lowest BCUT2D eigenvalue weighted by Crippen LogP contribution is -2.44. The Morgan fingerprint density at radius 2 is 1.80 bits per heavy atom. The summed E-state index contributed by atoms with van der Waals surface area (Å²) in [7, 11) is 3.83. The molecule has 2 aliphatic rings. The third kappa shape index (κ3) is 7.18. The van der Waals surface area contributed by atoms with E-state index in [0.717, 1.165) is 38.5 Å². The monoisotopic (exact) mass is 562 g/mol. The second kappa shape index (κ2) is 12.4. The number of anilines is 3. The van der Waals surface area contributed by atoms with Crippen LogP contribution in [-0.4, -0.2) is 81.9 Å². The minimum Gasteiger partial charge on any atom is -0.366 e. The van der Waals surface area contributed by atoms with E-state index in [9.17, 15) is 22.8 Å². The van der Waals surface area contributed by atoms with Crippen molar-refractivity contribution in [1.29, 1.82) is 0 Å². The molecule has 2 aromatic rings. The van der Waals surface area contributed by atoms with Gasteiger partial charge in [0.1, 0.15) is 17.1 Å². The molecule has 1 saturated carbocycles. The molecule has 3 heterocycles. The van der Waals surface area contributed by atoms with Crippen LogP contribution in [0, 0.1) is 5.92 Å². The number of nitrogens with zero attached hydrogens (tertiary/aromatic N) is 5. The van der Waals surface area contributed by atoms with Crippen LogP contribution in [0.25, 0.3) is 0 Å². The summed E-state index contributed by atoms with van der Waals surface area (Å²) in [6, 6.07) is 2.76. The van der Waals surface area contributed by atoms with Crippen LogP contribution in [0.15, 0.2) is 24.5 Å². The van der Waals surface area contributed by atoms with Crippen molar-refractivity contribution in [2.75, 3.05) is 37.8 Å². The van der Waals surface area contributed by atoms with Gasteiger partial charge in [-0.05, 0) is 71.8 Å². The lowest BCUT2D eigenvalue weighted by Gasteiger charge is -2.34. The Morgan fingerprint density at radius 1 is 1.07 bits per heavy atom. The number of rotatable bonds is 8. The summed E-state index contributed by atoms with van der Waals surface area (Å²) >= 11 is 0. The van der Waals surface area contributed by atoms with Crippen molar-refractivity contribution in [3.05, 3.63) is 35.8 Å². The summed E-state index contributed by atoms with van der Waals surface area (Å²) in [5.41, 5.74) is -0.321. The minimum atomic E-state index is -4.68. The molecule has 3 N–H and O–H groups in total. The second-order valence-corrected chi connectivity index (χ2v) is 10.9. The molecule has 0 unspecified atom stereocenters. The van der Waals surface area contributed by atoms with E-state index in [1.54, 1.807) is 24.1 Å². The van der Waals surface area contributed by atoms with Crippen molar-refractivity contribution < 1.29 is 22.8 Å². The molecule has 0 spiro atoms. The van der Waals surface area contributed by atoms with Crippen molar-refractivity contribution in [2.24, 2.45) is 5.92 Å². The van der Waals surface area contributed by atoms with Crippen LogP contribution in [0.1, 0.15) is 62.0 Å². The molecule has 0 aromatic carbocycles. The highest BCUT2D eigenvalue weighted by molar-refractivity contribution is 5.92. The molecular formula is C27H37F3N8O2. The Labute approximate surface area is 232 Å². The zero-order chi connectivity index (χ0) is 29.0. The van der Waals surface area contributed by atoms with Crippen LogP contribution in [-0.2, 0) is 11.0 Å². The number of halogens is 3. The maximum absolute atomic E-state index is 13.8. The van der Waals surface area contributed by atoms with Crippen molar-refractivity contribution in [1.82, 2.24) is 30.1 Å². The average molecular weight is 563 g/mol. The number of amides is 2. The van der Waals surface area contributed by atoms with Crippen molar-refractivity contribution in [3.8, 4) is 0 Å². The van der Waals surface area contributed by atoms with E-state index in [1.165, 1.54) is 6.20 Å². The number of hydrogen-bond donors (Lipinski definition) is 3. The Morgan fingerprint density at radius 3 is 2.42 bits per heavy atom. The first-order valence-electron chi connectivity index (χ1n) is 13.6. The Bertz CT molecular complexity index is 1180. The first-order valence-corrected chi connectivity index (χ1v) is 13.6. The van der Waals surface area contributed by atoms with E-state index in [0.29, 0.717) is 18.5 Å². The number of pyridine rings is 1. The van der Waals surface area contributed by atoms with Crippen LogP contribution in [0.2, 0.25) is 0 Å². The summed E-state index contributed by atoms with van der Waals surface area (Å²) in [6.07, 6.45) is 1.09. The largest absolute Gasteiger partial charge is 0.421 e. The molecule has 0 bridgehead atoms. The summed E-state index contributed by atoms with van der Waals surface area (Å²) in [6.45, 7) is 5.53. The average Bonchev–Trinajstić information content (AvgIpc) is 3.36. The van der Waals surface area contributed by atoms with E-state index in [1.807, 2.05) is 13.8 Å². The zero-order valence-electron chi connectivity index (χ0n) is 23.3. The maximum Gasteiger partial charge on any atom is 0.421 e. The van der Waals surface area contributed by atoms with Gasteiger partial charge in [0, 0.05) is 31.4 Å². The third-order valence-corrected chi connectivity index (χ3v) is 7.49. The molecule has 0 radical (unpaired) electrons.